The van der Waals surface area contributed by atoms with Gasteiger partial charge in [0.2, 0.25) is 0 Å². The Morgan fingerprint density at radius 1 is 1.24 bits per heavy atom. The summed E-state index contributed by atoms with van der Waals surface area (Å²) in [5.41, 5.74) is 2.13. The Kier molecular flexibility index (Phi) is 9.45. The van der Waals surface area contributed by atoms with E-state index in [9.17, 15) is 14.7 Å². The molecule has 2 aromatic carbocycles. The summed E-state index contributed by atoms with van der Waals surface area (Å²) >= 11 is 6.83. The van der Waals surface area contributed by atoms with Crippen LogP contribution in [-0.2, 0) is 20.6 Å². The molecule has 0 aromatic heterocycles. The summed E-state index contributed by atoms with van der Waals surface area (Å²) in [4.78, 5) is 25.0. The Bertz CT molecular complexity index is 1100. The number of carboxylic acid groups (broad SMARTS) is 1. The average Bonchev–Trinajstić information content (AvgIpc) is 2.87. The summed E-state index contributed by atoms with van der Waals surface area (Å²) in [6.45, 7) is 9.10. The minimum atomic E-state index is -1.04. The van der Waals surface area contributed by atoms with Crippen molar-refractivity contribution in [3.05, 3.63) is 58.6 Å². The Morgan fingerprint density at radius 2 is 1.97 bits per heavy atom. The molecule has 1 heterocycles. The smallest absolute Gasteiger partial charge is 0.407 e. The van der Waals surface area contributed by atoms with E-state index in [0.717, 1.165) is 23.1 Å². The van der Waals surface area contributed by atoms with E-state index < -0.39 is 29.3 Å². The minimum absolute atomic E-state index is 0.113. The normalized spacial score (nSPS) is 18.8. The number of amides is 2. The number of methoxy groups -OCH3 is 1. The summed E-state index contributed by atoms with van der Waals surface area (Å²) in [5.74, 6) is 0. The zero-order chi connectivity index (χ0) is 27.2. The molecule has 1 aliphatic rings. The number of hydrogen-bond donors (Lipinski definition) is 2. The highest BCUT2D eigenvalue weighted by Gasteiger charge is 2.54. The third-order valence-corrected chi connectivity index (χ3v) is 7.22. The van der Waals surface area contributed by atoms with E-state index in [1.165, 1.54) is 17.6 Å². The third-order valence-electron chi connectivity index (χ3n) is 6.90. The van der Waals surface area contributed by atoms with Crippen LogP contribution in [0.3, 0.4) is 0 Å². The van der Waals surface area contributed by atoms with Crippen LogP contribution in [0.15, 0.2) is 42.5 Å². The highest BCUT2D eigenvalue weighted by Crippen LogP contribution is 2.50. The Hall–Kier alpha value is -2.81. The number of aryl methyl sites for hydroxylation is 1. The van der Waals surface area contributed by atoms with Crippen LogP contribution in [0.4, 0.5) is 9.59 Å². The van der Waals surface area contributed by atoms with Crippen LogP contribution in [-0.4, -0.2) is 67.8 Å². The molecule has 2 aromatic rings. The van der Waals surface area contributed by atoms with Gasteiger partial charge in [0.05, 0.1) is 26.9 Å². The number of nitrogens with one attached hydrogen (secondary N) is 1. The predicted molar refractivity (Wildman–Crippen MR) is 143 cm³/mol. The second-order valence-corrected chi connectivity index (χ2v) is 10.5. The van der Waals surface area contributed by atoms with E-state index in [2.05, 4.69) is 29.1 Å². The molecule has 0 unspecified atom stereocenters. The largest absolute Gasteiger partial charge is 0.465 e. The lowest BCUT2D eigenvalue weighted by Crippen LogP contribution is -2.63. The molecule has 2 amide bonds. The SMILES string of the molecule is CCc1cccc(-c2c(Cl)cccc2[C@H](OCCNC(=O)OC)[C@@]2(C(C)(C)C)CN(C(=O)O)CCO2)c1. The fourth-order valence-electron chi connectivity index (χ4n) is 4.80. The van der Waals surface area contributed by atoms with Gasteiger partial charge in [0, 0.05) is 23.7 Å². The van der Waals surface area contributed by atoms with Gasteiger partial charge in [-0.2, -0.15) is 0 Å². The molecule has 1 saturated heterocycles. The molecule has 2 atom stereocenters. The van der Waals surface area contributed by atoms with Crippen LogP contribution in [0.1, 0.15) is 44.9 Å². The van der Waals surface area contributed by atoms with Crippen molar-refractivity contribution in [2.75, 3.05) is 40.0 Å². The van der Waals surface area contributed by atoms with E-state index >= 15 is 0 Å². The number of carbonyl (C=O) groups excluding carboxylic acids is 1. The number of rotatable bonds is 8. The van der Waals surface area contributed by atoms with Crippen molar-refractivity contribution in [2.24, 2.45) is 5.41 Å². The third kappa shape index (κ3) is 6.37. The van der Waals surface area contributed by atoms with Gasteiger partial charge in [-0.25, -0.2) is 9.59 Å². The van der Waals surface area contributed by atoms with Crippen LogP contribution in [0.5, 0.6) is 0 Å². The molecular formula is C28H37ClN2O6. The van der Waals surface area contributed by atoms with Crippen LogP contribution < -0.4 is 5.32 Å². The van der Waals surface area contributed by atoms with Crippen molar-refractivity contribution < 1.29 is 28.9 Å². The Morgan fingerprint density at radius 3 is 2.62 bits per heavy atom. The van der Waals surface area contributed by atoms with Gasteiger partial charge in [-0.15, -0.1) is 0 Å². The lowest BCUT2D eigenvalue weighted by Gasteiger charge is -2.53. The number of ether oxygens (including phenoxy) is 3. The molecule has 0 aliphatic carbocycles. The van der Waals surface area contributed by atoms with Gasteiger partial charge < -0.3 is 29.5 Å². The molecule has 9 heteroatoms. The van der Waals surface area contributed by atoms with E-state index in [1.807, 2.05) is 51.1 Å². The van der Waals surface area contributed by atoms with Crippen molar-refractivity contribution in [3.8, 4) is 11.1 Å². The lowest BCUT2D eigenvalue weighted by atomic mass is 9.69. The fraction of sp³-hybridized carbons (Fsp3) is 0.500. The number of nitrogens with zero attached hydrogens (tertiary/aromatic N) is 1. The van der Waals surface area contributed by atoms with Crippen molar-refractivity contribution >= 4 is 23.8 Å². The molecule has 1 fully saturated rings. The average molecular weight is 533 g/mol. The van der Waals surface area contributed by atoms with Gasteiger partial charge in [0.15, 0.2) is 0 Å². The maximum absolute atomic E-state index is 12.1. The van der Waals surface area contributed by atoms with Crippen LogP contribution in [0, 0.1) is 5.41 Å². The number of alkyl carbamates (subject to hydrolysis) is 1. The highest BCUT2D eigenvalue weighted by atomic mass is 35.5. The zero-order valence-electron chi connectivity index (χ0n) is 22.2. The van der Waals surface area contributed by atoms with E-state index in [0.29, 0.717) is 5.02 Å². The Balaban J connectivity index is 2.17. The number of morpholine rings is 1. The molecule has 202 valence electrons. The van der Waals surface area contributed by atoms with Crippen molar-refractivity contribution in [2.45, 2.75) is 45.8 Å². The van der Waals surface area contributed by atoms with Gasteiger partial charge in [-0.1, -0.05) is 75.7 Å². The van der Waals surface area contributed by atoms with Crippen molar-refractivity contribution in [1.82, 2.24) is 10.2 Å². The molecule has 0 saturated carbocycles. The zero-order valence-corrected chi connectivity index (χ0v) is 22.9. The summed E-state index contributed by atoms with van der Waals surface area (Å²) in [7, 11) is 1.30. The minimum Gasteiger partial charge on any atom is -0.465 e. The van der Waals surface area contributed by atoms with E-state index in [-0.39, 0.29) is 32.8 Å². The molecule has 0 radical (unpaired) electrons. The first-order valence-electron chi connectivity index (χ1n) is 12.5. The van der Waals surface area contributed by atoms with Gasteiger partial charge >= 0.3 is 12.2 Å². The number of benzene rings is 2. The topological polar surface area (TPSA) is 97.3 Å². The molecule has 1 aliphatic heterocycles. The number of carbonyl (C=O) groups is 2. The molecular weight excluding hydrogens is 496 g/mol. The maximum Gasteiger partial charge on any atom is 0.407 e. The van der Waals surface area contributed by atoms with Crippen molar-refractivity contribution in [1.29, 1.82) is 0 Å². The van der Waals surface area contributed by atoms with Gasteiger partial charge in [0.25, 0.3) is 0 Å². The molecule has 0 bridgehead atoms. The second-order valence-electron chi connectivity index (χ2n) is 10.1. The fourth-order valence-corrected chi connectivity index (χ4v) is 5.09. The van der Waals surface area contributed by atoms with Crippen molar-refractivity contribution in [3.63, 3.8) is 0 Å². The Labute approximate surface area is 223 Å². The molecule has 8 nitrogen and oxygen atoms in total. The summed E-state index contributed by atoms with van der Waals surface area (Å²) in [6, 6.07) is 13.8. The number of halogens is 1. The highest BCUT2D eigenvalue weighted by molar-refractivity contribution is 6.33. The van der Waals surface area contributed by atoms with Crippen LogP contribution >= 0.6 is 11.6 Å². The summed E-state index contributed by atoms with van der Waals surface area (Å²) in [6.07, 6.45) is -1.40. The standard InChI is InChI=1S/C28H37ClN2O6/c1-6-19-9-7-10-20(17-19)23-21(11-8-12-22(23)29)24(36-15-13-30-25(32)35-5)28(27(2,3)4)18-31(26(33)34)14-16-37-28/h7-12,17,24H,6,13-16,18H2,1-5H3,(H,30,32)(H,33,34)/t24-,28+/m0/s1. The van der Waals surface area contributed by atoms with E-state index in [4.69, 9.17) is 21.1 Å². The molecule has 3 rings (SSSR count). The van der Waals surface area contributed by atoms with E-state index in [1.54, 1.807) is 0 Å². The van der Waals surface area contributed by atoms with Gasteiger partial charge in [0.1, 0.15) is 11.7 Å². The second kappa shape index (κ2) is 12.2. The van der Waals surface area contributed by atoms with Crippen LogP contribution in [0.2, 0.25) is 5.02 Å². The lowest BCUT2D eigenvalue weighted by molar-refractivity contribution is -0.226. The predicted octanol–water partition coefficient (Wildman–Crippen LogP) is 5.78. The first kappa shape index (κ1) is 28.8. The molecule has 2 N–H and O–H groups in total. The monoisotopic (exact) mass is 532 g/mol. The van der Waals surface area contributed by atoms with Gasteiger partial charge in [-0.05, 0) is 34.6 Å². The molecule has 0 spiro atoms. The maximum atomic E-state index is 12.1. The number of hydrogen-bond acceptors (Lipinski definition) is 5. The summed E-state index contributed by atoms with van der Waals surface area (Å²) < 4.78 is 17.7. The first-order chi connectivity index (χ1) is 17.5. The van der Waals surface area contributed by atoms with Gasteiger partial charge in [-0.3, -0.25) is 0 Å². The van der Waals surface area contributed by atoms with Crippen LogP contribution in [0.25, 0.3) is 11.1 Å². The molecule has 37 heavy (non-hydrogen) atoms. The first-order valence-corrected chi connectivity index (χ1v) is 12.8. The summed E-state index contributed by atoms with van der Waals surface area (Å²) in [5, 5.41) is 13.1. The quantitative estimate of drug-likeness (QED) is 0.418.